The van der Waals surface area contributed by atoms with Gasteiger partial charge in [0.15, 0.2) is 0 Å². The minimum atomic E-state index is -0.958. The van der Waals surface area contributed by atoms with Crippen LogP contribution in [0.4, 0.5) is 4.79 Å². The molecule has 1 aliphatic rings. The first-order valence-electron chi connectivity index (χ1n) is 5.34. The predicted octanol–water partition coefficient (Wildman–Crippen LogP) is 1.12. The van der Waals surface area contributed by atoms with Gasteiger partial charge in [-0.3, -0.25) is 0 Å². The van der Waals surface area contributed by atoms with Crippen molar-refractivity contribution in [3.8, 4) is 0 Å². The van der Waals surface area contributed by atoms with E-state index in [1.807, 2.05) is 6.92 Å². The minimum absolute atomic E-state index is 0.338. The van der Waals surface area contributed by atoms with Gasteiger partial charge < -0.3 is 15.3 Å². The van der Waals surface area contributed by atoms with Crippen molar-refractivity contribution < 1.29 is 14.7 Å². The lowest BCUT2D eigenvalue weighted by Gasteiger charge is -2.20. The topological polar surface area (TPSA) is 82.5 Å². The third kappa shape index (κ3) is 2.94. The van der Waals surface area contributed by atoms with Crippen LogP contribution in [-0.4, -0.2) is 44.7 Å². The summed E-state index contributed by atoms with van der Waals surface area (Å²) in [5, 5.41) is 12.5. The average molecular weight is 287 g/mol. The van der Waals surface area contributed by atoms with Gasteiger partial charge in [0.05, 0.1) is 12.4 Å². The molecule has 1 atom stereocenters. The molecular weight excluding hydrogens is 274 g/mol. The Bertz CT molecular complexity index is 463. The number of carbonyl (C=O) groups excluding carboxylic acids is 1. The standard InChI is InChI=1S/C10H13N3O3S2/c1-6-2-11-8(18-6)3-12-10(16)13-5-17-4-7(13)9(14)15/h2,7H,3-5H2,1H3,(H,12,16)(H,14,15)/t7-/m0/s1. The van der Waals surface area contributed by atoms with Crippen molar-refractivity contribution in [3.63, 3.8) is 0 Å². The highest BCUT2D eigenvalue weighted by Gasteiger charge is 2.34. The van der Waals surface area contributed by atoms with Gasteiger partial charge in [0.25, 0.3) is 0 Å². The van der Waals surface area contributed by atoms with Crippen LogP contribution in [0.3, 0.4) is 0 Å². The molecule has 1 aromatic heterocycles. The highest BCUT2D eigenvalue weighted by molar-refractivity contribution is 7.99. The monoisotopic (exact) mass is 287 g/mol. The molecule has 0 bridgehead atoms. The Morgan fingerprint density at radius 1 is 1.67 bits per heavy atom. The summed E-state index contributed by atoms with van der Waals surface area (Å²) < 4.78 is 0. The van der Waals surface area contributed by atoms with E-state index in [2.05, 4.69) is 10.3 Å². The second-order valence-corrected chi connectivity index (χ2v) is 6.17. The zero-order valence-electron chi connectivity index (χ0n) is 9.75. The number of aryl methyl sites for hydroxylation is 1. The smallest absolute Gasteiger partial charge is 0.327 e. The second-order valence-electron chi connectivity index (χ2n) is 3.85. The fourth-order valence-electron chi connectivity index (χ4n) is 1.58. The number of thioether (sulfide) groups is 1. The number of aliphatic carboxylic acids is 1. The molecule has 98 valence electrons. The van der Waals surface area contributed by atoms with Gasteiger partial charge in [0.2, 0.25) is 0 Å². The number of urea groups is 1. The van der Waals surface area contributed by atoms with Crippen LogP contribution in [0.5, 0.6) is 0 Å². The molecule has 1 aromatic rings. The van der Waals surface area contributed by atoms with Crippen molar-refractivity contribution in [1.29, 1.82) is 0 Å². The number of nitrogens with one attached hydrogen (secondary N) is 1. The molecule has 0 unspecified atom stereocenters. The fraction of sp³-hybridized carbons (Fsp3) is 0.500. The molecule has 0 saturated carbocycles. The molecule has 1 fully saturated rings. The van der Waals surface area contributed by atoms with Crippen molar-refractivity contribution in [2.75, 3.05) is 11.6 Å². The van der Waals surface area contributed by atoms with Gasteiger partial charge in [0.1, 0.15) is 11.0 Å². The molecule has 2 amide bonds. The first kappa shape index (κ1) is 13.2. The third-order valence-electron chi connectivity index (χ3n) is 2.49. The molecule has 18 heavy (non-hydrogen) atoms. The van der Waals surface area contributed by atoms with E-state index in [1.165, 1.54) is 28.0 Å². The van der Waals surface area contributed by atoms with Crippen LogP contribution < -0.4 is 5.32 Å². The Kier molecular flexibility index (Phi) is 4.07. The van der Waals surface area contributed by atoms with Gasteiger partial charge in [-0.05, 0) is 6.92 Å². The lowest BCUT2D eigenvalue weighted by atomic mass is 10.3. The quantitative estimate of drug-likeness (QED) is 0.870. The summed E-state index contributed by atoms with van der Waals surface area (Å²) in [6, 6.07) is -1.08. The number of aromatic nitrogens is 1. The lowest BCUT2D eigenvalue weighted by molar-refractivity contribution is -0.140. The summed E-state index contributed by atoms with van der Waals surface area (Å²) in [7, 11) is 0. The van der Waals surface area contributed by atoms with E-state index in [9.17, 15) is 9.59 Å². The maximum Gasteiger partial charge on any atom is 0.327 e. The Labute approximate surface area is 112 Å². The highest BCUT2D eigenvalue weighted by Crippen LogP contribution is 2.21. The number of thiazole rings is 1. The molecule has 2 heterocycles. The SMILES string of the molecule is Cc1cnc(CNC(=O)N2CSC[C@H]2C(=O)O)s1. The lowest BCUT2D eigenvalue weighted by Crippen LogP contribution is -2.46. The molecule has 0 aliphatic carbocycles. The van der Waals surface area contributed by atoms with Crippen LogP contribution in [-0.2, 0) is 11.3 Å². The van der Waals surface area contributed by atoms with Crippen molar-refractivity contribution in [2.24, 2.45) is 0 Å². The van der Waals surface area contributed by atoms with Crippen molar-refractivity contribution in [2.45, 2.75) is 19.5 Å². The van der Waals surface area contributed by atoms with Crippen molar-refractivity contribution >= 4 is 35.1 Å². The van der Waals surface area contributed by atoms with E-state index in [4.69, 9.17) is 5.11 Å². The molecule has 2 rings (SSSR count). The number of rotatable bonds is 3. The van der Waals surface area contributed by atoms with Crippen molar-refractivity contribution in [1.82, 2.24) is 15.2 Å². The van der Waals surface area contributed by atoms with Gasteiger partial charge >= 0.3 is 12.0 Å². The van der Waals surface area contributed by atoms with E-state index in [0.29, 0.717) is 18.2 Å². The number of amides is 2. The Morgan fingerprint density at radius 2 is 2.44 bits per heavy atom. The number of hydrogen-bond donors (Lipinski definition) is 2. The molecule has 2 N–H and O–H groups in total. The summed E-state index contributed by atoms with van der Waals surface area (Å²) in [6.45, 7) is 2.28. The number of nitrogens with zero attached hydrogens (tertiary/aromatic N) is 2. The summed E-state index contributed by atoms with van der Waals surface area (Å²) in [4.78, 5) is 29.4. The summed E-state index contributed by atoms with van der Waals surface area (Å²) in [5.74, 6) is -0.0982. The zero-order chi connectivity index (χ0) is 13.1. The number of carbonyl (C=O) groups is 2. The van der Waals surface area contributed by atoms with E-state index >= 15 is 0 Å². The minimum Gasteiger partial charge on any atom is -0.480 e. The summed E-state index contributed by atoms with van der Waals surface area (Å²) in [6.07, 6.45) is 1.75. The normalized spacial score (nSPS) is 18.9. The van der Waals surface area contributed by atoms with Crippen LogP contribution in [0.25, 0.3) is 0 Å². The molecule has 1 aliphatic heterocycles. The molecule has 0 aromatic carbocycles. The highest BCUT2D eigenvalue weighted by atomic mass is 32.2. The Hall–Kier alpha value is -1.28. The third-order valence-corrected chi connectivity index (χ3v) is 4.41. The van der Waals surface area contributed by atoms with E-state index < -0.39 is 12.0 Å². The van der Waals surface area contributed by atoms with Gasteiger partial charge in [-0.15, -0.1) is 23.1 Å². The maximum atomic E-state index is 11.9. The van der Waals surface area contributed by atoms with Crippen LogP contribution in [0.15, 0.2) is 6.20 Å². The van der Waals surface area contributed by atoms with Gasteiger partial charge in [-0.1, -0.05) is 0 Å². The second kappa shape index (κ2) is 5.57. The summed E-state index contributed by atoms with van der Waals surface area (Å²) in [5.41, 5.74) is 0. The molecule has 0 radical (unpaired) electrons. The number of hydrogen-bond acceptors (Lipinski definition) is 5. The summed E-state index contributed by atoms with van der Waals surface area (Å²) >= 11 is 2.96. The average Bonchev–Trinajstić information content (AvgIpc) is 2.94. The number of carboxylic acids is 1. The largest absolute Gasteiger partial charge is 0.480 e. The first-order valence-corrected chi connectivity index (χ1v) is 7.31. The molecular formula is C10H13N3O3S2. The van der Waals surface area contributed by atoms with Crippen LogP contribution >= 0.6 is 23.1 Å². The Balaban J connectivity index is 1.89. The zero-order valence-corrected chi connectivity index (χ0v) is 11.4. The maximum absolute atomic E-state index is 11.9. The van der Waals surface area contributed by atoms with Crippen LogP contribution in [0.1, 0.15) is 9.88 Å². The first-order chi connectivity index (χ1) is 8.58. The fourth-order valence-corrected chi connectivity index (χ4v) is 3.46. The van der Waals surface area contributed by atoms with Gasteiger partial charge in [0, 0.05) is 16.8 Å². The van der Waals surface area contributed by atoms with Crippen LogP contribution in [0, 0.1) is 6.92 Å². The van der Waals surface area contributed by atoms with Gasteiger partial charge in [-0.25, -0.2) is 14.6 Å². The van der Waals surface area contributed by atoms with E-state index in [-0.39, 0.29) is 6.03 Å². The predicted molar refractivity (Wildman–Crippen MR) is 69.7 cm³/mol. The van der Waals surface area contributed by atoms with Crippen molar-refractivity contribution in [3.05, 3.63) is 16.1 Å². The van der Waals surface area contributed by atoms with E-state index in [0.717, 1.165) is 9.88 Å². The van der Waals surface area contributed by atoms with E-state index in [1.54, 1.807) is 6.20 Å². The molecule has 8 heteroatoms. The van der Waals surface area contributed by atoms with Crippen LogP contribution in [0.2, 0.25) is 0 Å². The molecule has 6 nitrogen and oxygen atoms in total. The molecule has 1 saturated heterocycles. The molecule has 0 spiro atoms. The Morgan fingerprint density at radius 3 is 3.06 bits per heavy atom. The van der Waals surface area contributed by atoms with Gasteiger partial charge in [-0.2, -0.15) is 0 Å². The number of carboxylic acid groups (broad SMARTS) is 1.